The zero-order valence-electron chi connectivity index (χ0n) is 19.0. The van der Waals surface area contributed by atoms with Crippen LogP contribution in [0.4, 0.5) is 19.0 Å². The molecule has 2 rings (SSSR count). The van der Waals surface area contributed by atoms with E-state index in [2.05, 4.69) is 20.2 Å². The Morgan fingerprint density at radius 3 is 2.09 bits per heavy atom. The van der Waals surface area contributed by atoms with Crippen molar-refractivity contribution >= 4 is 15.9 Å². The number of halogens is 3. The van der Waals surface area contributed by atoms with Crippen molar-refractivity contribution in [2.24, 2.45) is 11.3 Å². The molecule has 0 bridgehead atoms. The van der Waals surface area contributed by atoms with Gasteiger partial charge in [0.1, 0.15) is 22.3 Å². The van der Waals surface area contributed by atoms with Crippen LogP contribution < -0.4 is 11.2 Å². The van der Waals surface area contributed by atoms with Gasteiger partial charge >= 0.3 is 6.18 Å². The Morgan fingerprint density at radius 1 is 1.21 bits per heavy atom. The highest BCUT2D eigenvalue weighted by Crippen LogP contribution is 2.35. The molecule has 0 atom stereocenters. The van der Waals surface area contributed by atoms with E-state index in [1.165, 1.54) is 6.07 Å². The molecule has 0 radical (unpaired) electrons. The first kappa shape index (κ1) is 28.3. The average molecular weight is 493 g/mol. The molecule has 2 heterocycles. The van der Waals surface area contributed by atoms with E-state index in [1.54, 1.807) is 0 Å². The van der Waals surface area contributed by atoms with Crippen LogP contribution in [0.15, 0.2) is 23.2 Å². The molecule has 2 aromatic heterocycles. The summed E-state index contributed by atoms with van der Waals surface area (Å²) in [4.78, 5) is 7.64. The molecule has 33 heavy (non-hydrogen) atoms. The Bertz CT molecular complexity index is 1090. The predicted octanol–water partition coefficient (Wildman–Crippen LogP) is 3.54. The number of hydrogen-bond acceptors (Lipinski definition) is 8. The summed E-state index contributed by atoms with van der Waals surface area (Å²) in [5.41, 5.74) is -2.59. The van der Waals surface area contributed by atoms with E-state index in [-0.39, 0.29) is 29.2 Å². The van der Waals surface area contributed by atoms with Gasteiger partial charge in [0.05, 0.1) is 11.8 Å². The number of alkyl halides is 3. The Kier molecular flexibility index (Phi) is 8.61. The van der Waals surface area contributed by atoms with E-state index in [9.17, 15) is 26.9 Å². The number of pyridine rings is 1. The maximum atomic E-state index is 13.3. The second-order valence-corrected chi connectivity index (χ2v) is 10.5. The summed E-state index contributed by atoms with van der Waals surface area (Å²) in [6, 6.07) is 3.54. The fourth-order valence-corrected chi connectivity index (χ4v) is 2.48. The standard InChI is InChI=1S/C15H16F3N5O3S.C4H11NO/c1-14(2,3)8-21-13-10(6-19)12(15(16,17)18)22-23(13)11-5-4-9(7-20-11)27(24,25)26;1-4(2,3)6-5/h4-5,7,21H,8H2,1-3H3,(H,24,25,26);5H2,1-3H3. The summed E-state index contributed by atoms with van der Waals surface area (Å²) in [6.45, 7) is 11.4. The van der Waals surface area contributed by atoms with E-state index >= 15 is 0 Å². The van der Waals surface area contributed by atoms with Crippen LogP contribution in [0.25, 0.3) is 5.82 Å². The fourth-order valence-electron chi connectivity index (χ4n) is 2.05. The molecule has 0 spiro atoms. The minimum atomic E-state index is -4.87. The van der Waals surface area contributed by atoms with Gasteiger partial charge in [-0.1, -0.05) is 20.8 Å². The van der Waals surface area contributed by atoms with Gasteiger partial charge in [-0.15, -0.1) is 0 Å². The lowest BCUT2D eigenvalue weighted by Crippen LogP contribution is -2.22. The summed E-state index contributed by atoms with van der Waals surface area (Å²) in [5, 5.41) is 15.5. The van der Waals surface area contributed by atoms with E-state index in [1.807, 2.05) is 41.5 Å². The topological polar surface area (TPSA) is 156 Å². The molecule has 0 aliphatic heterocycles. The van der Waals surface area contributed by atoms with Crippen molar-refractivity contribution in [3.63, 3.8) is 0 Å². The van der Waals surface area contributed by atoms with Gasteiger partial charge in [-0.05, 0) is 38.3 Å². The van der Waals surface area contributed by atoms with Gasteiger partial charge in [0, 0.05) is 6.54 Å². The van der Waals surface area contributed by atoms with Gasteiger partial charge in [0.25, 0.3) is 10.1 Å². The summed E-state index contributed by atoms with van der Waals surface area (Å²) in [6.07, 6.45) is -4.10. The van der Waals surface area contributed by atoms with E-state index in [4.69, 9.17) is 10.4 Å². The molecule has 0 aliphatic carbocycles. The number of anilines is 1. The first-order chi connectivity index (χ1) is 14.8. The quantitative estimate of drug-likeness (QED) is 0.429. The third-order valence-electron chi connectivity index (χ3n) is 3.64. The van der Waals surface area contributed by atoms with Crippen LogP contribution in [0, 0.1) is 16.7 Å². The fraction of sp³-hybridized carbons (Fsp3) is 0.526. The molecule has 0 unspecified atom stereocenters. The van der Waals surface area contributed by atoms with Gasteiger partial charge in [-0.3, -0.25) is 9.39 Å². The van der Waals surface area contributed by atoms with E-state index < -0.39 is 32.4 Å². The SMILES string of the molecule is CC(C)(C)CNc1c(C#N)c(C(F)(F)F)nn1-c1ccc(S(=O)(=O)O)cn1.CC(C)(C)ON. The van der Waals surface area contributed by atoms with Gasteiger partial charge in [0.15, 0.2) is 11.5 Å². The highest BCUT2D eigenvalue weighted by atomic mass is 32.2. The van der Waals surface area contributed by atoms with Crippen molar-refractivity contribution in [2.45, 2.75) is 58.2 Å². The highest BCUT2D eigenvalue weighted by Gasteiger charge is 2.40. The van der Waals surface area contributed by atoms with Crippen molar-refractivity contribution in [1.29, 1.82) is 5.26 Å². The number of nitriles is 1. The summed E-state index contributed by atoms with van der Waals surface area (Å²) < 4.78 is 71.7. The van der Waals surface area contributed by atoms with Crippen LogP contribution in [0.1, 0.15) is 52.8 Å². The Hall–Kier alpha value is -2.73. The normalized spacial score (nSPS) is 12.5. The highest BCUT2D eigenvalue weighted by molar-refractivity contribution is 7.85. The maximum Gasteiger partial charge on any atom is 0.436 e. The Labute approximate surface area is 190 Å². The molecule has 2 aromatic rings. The molecule has 0 saturated carbocycles. The number of rotatable bonds is 4. The van der Waals surface area contributed by atoms with E-state index in [0.29, 0.717) is 0 Å². The number of nitrogens with one attached hydrogen (secondary N) is 1. The second kappa shape index (κ2) is 10.0. The smallest absolute Gasteiger partial charge is 0.368 e. The lowest BCUT2D eigenvalue weighted by molar-refractivity contribution is -0.141. The Morgan fingerprint density at radius 2 is 1.76 bits per heavy atom. The minimum Gasteiger partial charge on any atom is -0.368 e. The summed E-state index contributed by atoms with van der Waals surface area (Å²) >= 11 is 0. The summed E-state index contributed by atoms with van der Waals surface area (Å²) in [5.74, 6) is 4.43. The first-order valence-corrected chi connectivity index (χ1v) is 10.9. The molecule has 0 amide bonds. The van der Waals surface area contributed by atoms with Gasteiger partial charge in [-0.25, -0.2) is 10.9 Å². The maximum absolute atomic E-state index is 13.3. The monoisotopic (exact) mass is 492 g/mol. The molecule has 0 saturated heterocycles. The van der Waals surface area contributed by atoms with Crippen molar-refractivity contribution in [2.75, 3.05) is 11.9 Å². The molecule has 10 nitrogen and oxygen atoms in total. The zero-order valence-corrected chi connectivity index (χ0v) is 19.8. The number of hydrogen-bond donors (Lipinski definition) is 3. The molecule has 14 heteroatoms. The molecular formula is C19H27F3N6O4S. The lowest BCUT2D eigenvalue weighted by Gasteiger charge is -2.20. The molecular weight excluding hydrogens is 465 g/mol. The molecule has 184 valence electrons. The molecule has 4 N–H and O–H groups in total. The van der Waals surface area contributed by atoms with Crippen molar-refractivity contribution in [3.8, 4) is 11.9 Å². The van der Waals surface area contributed by atoms with Crippen molar-refractivity contribution < 1.29 is 31.0 Å². The Balaban J connectivity index is 0.000000801. The average Bonchev–Trinajstić information content (AvgIpc) is 3.04. The third-order valence-corrected chi connectivity index (χ3v) is 4.48. The largest absolute Gasteiger partial charge is 0.436 e. The number of nitrogens with two attached hydrogens (primary N) is 1. The lowest BCUT2D eigenvalue weighted by atomic mass is 9.97. The van der Waals surface area contributed by atoms with Gasteiger partial charge in [0.2, 0.25) is 0 Å². The molecule has 0 fully saturated rings. The zero-order chi connectivity index (χ0) is 25.8. The predicted molar refractivity (Wildman–Crippen MR) is 114 cm³/mol. The van der Waals surface area contributed by atoms with Crippen LogP contribution in [0.3, 0.4) is 0 Å². The van der Waals surface area contributed by atoms with Crippen molar-refractivity contribution in [3.05, 3.63) is 29.6 Å². The van der Waals surface area contributed by atoms with Crippen LogP contribution in [0.5, 0.6) is 0 Å². The minimum absolute atomic E-state index is 0.161. The van der Waals surface area contributed by atoms with Crippen LogP contribution in [-0.4, -0.2) is 39.9 Å². The second-order valence-electron chi connectivity index (χ2n) is 9.07. The van der Waals surface area contributed by atoms with Gasteiger partial charge in [-0.2, -0.15) is 36.6 Å². The summed E-state index contributed by atoms with van der Waals surface area (Å²) in [7, 11) is -4.51. The first-order valence-electron chi connectivity index (χ1n) is 9.46. The third kappa shape index (κ3) is 8.61. The van der Waals surface area contributed by atoms with Crippen LogP contribution in [0.2, 0.25) is 0 Å². The van der Waals surface area contributed by atoms with E-state index in [0.717, 1.165) is 23.0 Å². The molecule has 0 aliphatic rings. The number of nitrogens with zero attached hydrogens (tertiary/aromatic N) is 4. The van der Waals surface area contributed by atoms with Crippen molar-refractivity contribution in [1.82, 2.24) is 14.8 Å². The van der Waals surface area contributed by atoms with Gasteiger partial charge < -0.3 is 5.32 Å². The number of aromatic nitrogens is 3. The van der Waals surface area contributed by atoms with Crippen LogP contribution in [-0.2, 0) is 21.1 Å². The van der Waals surface area contributed by atoms with Crippen LogP contribution >= 0.6 is 0 Å². The molecule has 0 aromatic carbocycles.